The summed E-state index contributed by atoms with van der Waals surface area (Å²) < 4.78 is 4.87. The zero-order chi connectivity index (χ0) is 14.3. The average Bonchev–Trinajstić information content (AvgIpc) is 2.37. The van der Waals surface area contributed by atoms with E-state index in [1.807, 2.05) is 0 Å². The van der Waals surface area contributed by atoms with Crippen LogP contribution < -0.4 is 16.8 Å². The largest absolute Gasteiger partial charge is 0.385 e. The van der Waals surface area contributed by atoms with Crippen molar-refractivity contribution >= 4 is 17.5 Å². The van der Waals surface area contributed by atoms with Crippen molar-refractivity contribution in [2.45, 2.75) is 18.9 Å². The molecule has 0 spiro atoms. The number of para-hydroxylation sites is 1. The highest BCUT2D eigenvalue weighted by molar-refractivity contribution is 5.96. The van der Waals surface area contributed by atoms with Crippen molar-refractivity contribution in [2.24, 2.45) is 11.5 Å². The van der Waals surface area contributed by atoms with E-state index < -0.39 is 11.9 Å². The number of ether oxygens (including phenoxy) is 1. The number of hydrogen-bond acceptors (Lipinski definition) is 4. The van der Waals surface area contributed by atoms with Gasteiger partial charge in [0.25, 0.3) is 0 Å². The molecule has 1 aromatic rings. The Labute approximate surface area is 112 Å². The summed E-state index contributed by atoms with van der Waals surface area (Å²) in [6.45, 7) is 0.414. The molecule has 0 aliphatic carbocycles. The molecule has 0 radical (unpaired) electrons. The molecule has 0 bridgehead atoms. The molecule has 0 saturated heterocycles. The molecular weight excluding hydrogens is 246 g/mol. The Bertz CT molecular complexity index is 449. The monoisotopic (exact) mass is 265 g/mol. The number of carbonyl (C=O) groups is 2. The summed E-state index contributed by atoms with van der Waals surface area (Å²) in [5.41, 5.74) is 12.1. The van der Waals surface area contributed by atoms with E-state index in [4.69, 9.17) is 16.2 Å². The van der Waals surface area contributed by atoms with Gasteiger partial charge in [0.2, 0.25) is 11.8 Å². The number of rotatable bonds is 7. The first kappa shape index (κ1) is 15.1. The number of carbonyl (C=O) groups excluding carboxylic acids is 2. The maximum Gasteiger partial charge on any atom is 0.241 e. The molecule has 2 amide bonds. The number of nitrogens with two attached hydrogens (primary N) is 2. The summed E-state index contributed by atoms with van der Waals surface area (Å²) in [6.07, 6.45) is 0.504. The van der Waals surface area contributed by atoms with E-state index in [0.29, 0.717) is 24.3 Å². The van der Waals surface area contributed by atoms with Gasteiger partial charge < -0.3 is 21.5 Å². The molecule has 5 N–H and O–H groups in total. The number of anilines is 1. The van der Waals surface area contributed by atoms with Crippen molar-refractivity contribution in [3.8, 4) is 0 Å². The van der Waals surface area contributed by atoms with Crippen molar-refractivity contribution in [1.82, 2.24) is 0 Å². The van der Waals surface area contributed by atoms with Gasteiger partial charge in [0.15, 0.2) is 0 Å². The molecule has 19 heavy (non-hydrogen) atoms. The van der Waals surface area contributed by atoms with Gasteiger partial charge in [-0.25, -0.2) is 0 Å². The fourth-order valence-corrected chi connectivity index (χ4v) is 1.59. The fourth-order valence-electron chi connectivity index (χ4n) is 1.59. The highest BCUT2D eigenvalue weighted by Crippen LogP contribution is 2.15. The lowest BCUT2D eigenvalue weighted by Gasteiger charge is -2.14. The number of benzene rings is 1. The van der Waals surface area contributed by atoms with Crippen molar-refractivity contribution in [3.63, 3.8) is 0 Å². The van der Waals surface area contributed by atoms with Crippen LogP contribution in [0.2, 0.25) is 0 Å². The van der Waals surface area contributed by atoms with Crippen LogP contribution in [0.5, 0.6) is 0 Å². The molecule has 0 heterocycles. The number of methoxy groups -OCH3 is 1. The van der Waals surface area contributed by atoms with E-state index in [1.54, 1.807) is 31.4 Å². The van der Waals surface area contributed by atoms with E-state index in [-0.39, 0.29) is 12.3 Å². The lowest BCUT2D eigenvalue weighted by Crippen LogP contribution is -2.36. The molecule has 1 unspecified atom stereocenters. The predicted octanol–water partition coefficient (Wildman–Crippen LogP) is 0.0167. The van der Waals surface area contributed by atoms with Crippen LogP contribution in [0.25, 0.3) is 0 Å². The molecule has 6 heteroatoms. The lowest BCUT2D eigenvalue weighted by molar-refractivity contribution is -0.118. The molecule has 0 aromatic heterocycles. The van der Waals surface area contributed by atoms with Crippen LogP contribution >= 0.6 is 0 Å². The summed E-state index contributed by atoms with van der Waals surface area (Å²) in [5, 5.41) is 2.70. The summed E-state index contributed by atoms with van der Waals surface area (Å²) in [6, 6.07) is 6.33. The third kappa shape index (κ3) is 5.07. The number of amides is 2. The van der Waals surface area contributed by atoms with Gasteiger partial charge in [0.1, 0.15) is 0 Å². The molecule has 6 nitrogen and oxygen atoms in total. The molecule has 1 aromatic carbocycles. The number of primary amides is 1. The van der Waals surface area contributed by atoms with Crippen molar-refractivity contribution < 1.29 is 14.3 Å². The van der Waals surface area contributed by atoms with Crippen molar-refractivity contribution in [3.05, 3.63) is 29.8 Å². The molecule has 1 rings (SSSR count). The lowest BCUT2D eigenvalue weighted by atomic mass is 10.1. The van der Waals surface area contributed by atoms with Crippen molar-refractivity contribution in [2.75, 3.05) is 19.0 Å². The predicted molar refractivity (Wildman–Crippen MR) is 72.4 cm³/mol. The Kier molecular flexibility index (Phi) is 5.98. The van der Waals surface area contributed by atoms with Gasteiger partial charge in [0.05, 0.1) is 12.5 Å². The topological polar surface area (TPSA) is 107 Å². The summed E-state index contributed by atoms with van der Waals surface area (Å²) in [4.78, 5) is 22.8. The van der Waals surface area contributed by atoms with Gasteiger partial charge in [0, 0.05) is 19.4 Å². The smallest absolute Gasteiger partial charge is 0.241 e. The van der Waals surface area contributed by atoms with Crippen LogP contribution in [-0.4, -0.2) is 31.6 Å². The van der Waals surface area contributed by atoms with Crippen LogP contribution in [0.1, 0.15) is 12.0 Å². The van der Waals surface area contributed by atoms with E-state index in [0.717, 1.165) is 0 Å². The number of hydrogen-bond donors (Lipinski definition) is 3. The first-order valence-electron chi connectivity index (χ1n) is 5.96. The highest BCUT2D eigenvalue weighted by Gasteiger charge is 2.15. The molecule has 1 atom stereocenters. The summed E-state index contributed by atoms with van der Waals surface area (Å²) >= 11 is 0. The SMILES string of the molecule is COCCC(N)C(=O)Nc1ccccc1CC(N)=O. The summed E-state index contributed by atoms with van der Waals surface area (Å²) in [7, 11) is 1.55. The van der Waals surface area contributed by atoms with Gasteiger partial charge in [-0.2, -0.15) is 0 Å². The van der Waals surface area contributed by atoms with Crippen LogP contribution in [-0.2, 0) is 20.7 Å². The van der Waals surface area contributed by atoms with Crippen LogP contribution in [0.4, 0.5) is 5.69 Å². The fraction of sp³-hybridized carbons (Fsp3) is 0.385. The van der Waals surface area contributed by atoms with E-state index in [9.17, 15) is 9.59 Å². The van der Waals surface area contributed by atoms with Crippen LogP contribution in [0, 0.1) is 0 Å². The third-order valence-corrected chi connectivity index (χ3v) is 2.61. The zero-order valence-electron chi connectivity index (χ0n) is 10.9. The molecular formula is C13H19N3O3. The summed E-state index contributed by atoms with van der Waals surface area (Å²) in [5.74, 6) is -0.764. The standard InChI is InChI=1S/C13H19N3O3/c1-19-7-6-10(14)13(18)16-11-5-3-2-4-9(11)8-12(15)17/h2-5,10H,6-8,14H2,1H3,(H2,15,17)(H,16,18). The Morgan fingerprint density at radius 1 is 1.37 bits per heavy atom. The van der Waals surface area contributed by atoms with Gasteiger partial charge in [-0.05, 0) is 18.1 Å². The number of nitrogens with one attached hydrogen (secondary N) is 1. The molecule has 0 aliphatic heterocycles. The van der Waals surface area contributed by atoms with Gasteiger partial charge in [-0.3, -0.25) is 9.59 Å². The first-order valence-corrected chi connectivity index (χ1v) is 5.96. The van der Waals surface area contributed by atoms with E-state index in [2.05, 4.69) is 5.32 Å². The molecule has 0 aliphatic rings. The normalized spacial score (nSPS) is 11.9. The van der Waals surface area contributed by atoms with Crippen LogP contribution in [0.15, 0.2) is 24.3 Å². The Hall–Kier alpha value is -1.92. The second-order valence-corrected chi connectivity index (χ2v) is 4.18. The molecule has 104 valence electrons. The second kappa shape index (κ2) is 7.50. The zero-order valence-corrected chi connectivity index (χ0v) is 10.9. The third-order valence-electron chi connectivity index (χ3n) is 2.61. The maximum absolute atomic E-state index is 11.8. The van der Waals surface area contributed by atoms with E-state index in [1.165, 1.54) is 0 Å². The Balaban J connectivity index is 2.70. The first-order chi connectivity index (χ1) is 9.04. The minimum absolute atomic E-state index is 0.0732. The van der Waals surface area contributed by atoms with E-state index >= 15 is 0 Å². The second-order valence-electron chi connectivity index (χ2n) is 4.18. The Morgan fingerprint density at radius 2 is 2.05 bits per heavy atom. The van der Waals surface area contributed by atoms with Gasteiger partial charge in [-0.15, -0.1) is 0 Å². The average molecular weight is 265 g/mol. The maximum atomic E-state index is 11.8. The highest BCUT2D eigenvalue weighted by atomic mass is 16.5. The molecule has 0 fully saturated rings. The van der Waals surface area contributed by atoms with Crippen molar-refractivity contribution in [1.29, 1.82) is 0 Å². The quantitative estimate of drug-likeness (QED) is 0.645. The molecule has 0 saturated carbocycles. The Morgan fingerprint density at radius 3 is 2.68 bits per heavy atom. The van der Waals surface area contributed by atoms with Gasteiger partial charge in [-0.1, -0.05) is 18.2 Å². The van der Waals surface area contributed by atoms with Crippen LogP contribution in [0.3, 0.4) is 0 Å². The minimum atomic E-state index is -0.651. The minimum Gasteiger partial charge on any atom is -0.385 e. The van der Waals surface area contributed by atoms with Gasteiger partial charge >= 0.3 is 0 Å².